The lowest BCUT2D eigenvalue weighted by Gasteiger charge is -2.35. The third-order valence-electron chi connectivity index (χ3n) is 5.32. The molecule has 0 saturated carbocycles. The zero-order valence-electron chi connectivity index (χ0n) is 16.6. The fraction of sp³-hybridized carbons (Fsp3) is 0.250. The van der Waals surface area contributed by atoms with Crippen molar-refractivity contribution in [1.29, 1.82) is 0 Å². The maximum absolute atomic E-state index is 12.8. The van der Waals surface area contributed by atoms with Crippen LogP contribution in [-0.2, 0) is 6.54 Å². The van der Waals surface area contributed by atoms with Crippen molar-refractivity contribution in [3.8, 4) is 17.0 Å². The zero-order chi connectivity index (χ0) is 20.1. The molecule has 1 aliphatic rings. The first-order valence-corrected chi connectivity index (χ1v) is 9.89. The van der Waals surface area contributed by atoms with Gasteiger partial charge in [0.25, 0.3) is 5.91 Å². The minimum atomic E-state index is 0.0433. The molecule has 0 spiro atoms. The lowest BCUT2D eigenvalue weighted by atomic mass is 10.1. The molecule has 0 unspecified atom stereocenters. The number of aromatic nitrogens is 1. The van der Waals surface area contributed by atoms with Gasteiger partial charge in [0.05, 0.1) is 18.4 Å². The molecule has 2 aromatic carbocycles. The van der Waals surface area contributed by atoms with Crippen molar-refractivity contribution in [2.75, 3.05) is 33.3 Å². The fourth-order valence-electron chi connectivity index (χ4n) is 3.67. The summed E-state index contributed by atoms with van der Waals surface area (Å²) < 4.78 is 5.34. The largest absolute Gasteiger partial charge is 0.496 e. The van der Waals surface area contributed by atoms with Gasteiger partial charge in [-0.15, -0.1) is 0 Å². The van der Waals surface area contributed by atoms with Gasteiger partial charge in [-0.1, -0.05) is 42.5 Å². The molecule has 0 radical (unpaired) electrons. The van der Waals surface area contributed by atoms with E-state index in [1.54, 1.807) is 7.11 Å². The lowest BCUT2D eigenvalue weighted by molar-refractivity contribution is 0.0625. The van der Waals surface area contributed by atoms with Crippen LogP contribution in [0.5, 0.6) is 5.75 Å². The highest BCUT2D eigenvalue weighted by atomic mass is 16.5. The highest BCUT2D eigenvalue weighted by Gasteiger charge is 2.24. The molecule has 1 amide bonds. The molecular formula is C24H25N3O2. The Balaban J connectivity index is 1.34. The van der Waals surface area contributed by atoms with Crippen LogP contribution in [0.4, 0.5) is 0 Å². The van der Waals surface area contributed by atoms with Crippen molar-refractivity contribution >= 4 is 5.91 Å². The van der Waals surface area contributed by atoms with E-state index in [0.29, 0.717) is 11.3 Å². The summed E-state index contributed by atoms with van der Waals surface area (Å²) in [5.74, 6) is 0.676. The number of carbonyl (C=O) groups excluding carboxylic acids is 1. The first-order valence-electron chi connectivity index (χ1n) is 9.89. The Morgan fingerprint density at radius 3 is 2.34 bits per heavy atom. The average Bonchev–Trinajstić information content (AvgIpc) is 2.80. The predicted molar refractivity (Wildman–Crippen MR) is 114 cm³/mol. The molecule has 5 nitrogen and oxygen atoms in total. The predicted octanol–water partition coefficient (Wildman–Crippen LogP) is 3.72. The molecular weight excluding hydrogens is 362 g/mol. The van der Waals surface area contributed by atoms with Crippen molar-refractivity contribution < 1.29 is 9.53 Å². The molecule has 0 bridgehead atoms. The standard InChI is InChI=1S/C24H25N3O2/c1-29-23-8-3-2-6-21(23)24(28)27-16-14-26(15-17-27)18-19-9-11-20(12-10-19)22-7-4-5-13-25-22/h2-13H,14-18H2,1H3. The number of ether oxygens (including phenoxy) is 1. The van der Waals surface area contributed by atoms with E-state index in [-0.39, 0.29) is 5.91 Å². The molecule has 1 aromatic heterocycles. The van der Waals surface area contributed by atoms with Crippen LogP contribution in [0.15, 0.2) is 72.9 Å². The number of pyridine rings is 1. The van der Waals surface area contributed by atoms with Crippen LogP contribution < -0.4 is 4.74 Å². The van der Waals surface area contributed by atoms with Gasteiger partial charge < -0.3 is 9.64 Å². The van der Waals surface area contributed by atoms with Crippen molar-refractivity contribution in [2.45, 2.75) is 6.54 Å². The molecule has 3 aromatic rings. The summed E-state index contributed by atoms with van der Waals surface area (Å²) >= 11 is 0. The topological polar surface area (TPSA) is 45.7 Å². The van der Waals surface area contributed by atoms with Gasteiger partial charge in [0.15, 0.2) is 0 Å². The number of rotatable bonds is 5. The molecule has 148 valence electrons. The molecule has 5 heteroatoms. The summed E-state index contributed by atoms with van der Waals surface area (Å²) in [7, 11) is 1.60. The van der Waals surface area contributed by atoms with Crippen molar-refractivity contribution in [1.82, 2.24) is 14.8 Å². The minimum absolute atomic E-state index is 0.0433. The molecule has 0 aliphatic carbocycles. The van der Waals surface area contributed by atoms with E-state index in [0.717, 1.165) is 44.0 Å². The fourth-order valence-corrected chi connectivity index (χ4v) is 3.67. The Labute approximate surface area is 171 Å². The normalized spacial score (nSPS) is 14.6. The number of nitrogens with zero attached hydrogens (tertiary/aromatic N) is 3. The van der Waals surface area contributed by atoms with Gasteiger partial charge in [-0.3, -0.25) is 14.7 Å². The van der Waals surface area contributed by atoms with Crippen LogP contribution in [0.3, 0.4) is 0 Å². The Bertz CT molecular complexity index is 949. The number of para-hydroxylation sites is 1. The van der Waals surface area contributed by atoms with Gasteiger partial charge in [0, 0.05) is 44.5 Å². The highest BCUT2D eigenvalue weighted by Crippen LogP contribution is 2.21. The molecule has 1 aliphatic heterocycles. The number of benzene rings is 2. The van der Waals surface area contributed by atoms with Gasteiger partial charge in [0.1, 0.15) is 5.75 Å². The molecule has 0 atom stereocenters. The van der Waals surface area contributed by atoms with Crippen LogP contribution in [0.25, 0.3) is 11.3 Å². The Morgan fingerprint density at radius 1 is 0.931 bits per heavy atom. The quantitative estimate of drug-likeness (QED) is 0.669. The van der Waals surface area contributed by atoms with Crippen molar-refractivity contribution in [2.24, 2.45) is 0 Å². The molecule has 0 N–H and O–H groups in total. The number of hydrogen-bond acceptors (Lipinski definition) is 4. The lowest BCUT2D eigenvalue weighted by Crippen LogP contribution is -2.48. The molecule has 2 heterocycles. The smallest absolute Gasteiger partial charge is 0.257 e. The summed E-state index contributed by atoms with van der Waals surface area (Å²) in [4.78, 5) is 21.5. The summed E-state index contributed by atoms with van der Waals surface area (Å²) in [6.07, 6.45) is 1.81. The number of piperazine rings is 1. The third kappa shape index (κ3) is 4.46. The summed E-state index contributed by atoms with van der Waals surface area (Å²) in [6, 6.07) is 21.9. The van der Waals surface area contributed by atoms with Gasteiger partial charge in [0.2, 0.25) is 0 Å². The number of carbonyl (C=O) groups is 1. The van der Waals surface area contributed by atoms with E-state index in [1.165, 1.54) is 5.56 Å². The molecule has 4 rings (SSSR count). The van der Waals surface area contributed by atoms with E-state index >= 15 is 0 Å². The van der Waals surface area contributed by atoms with E-state index in [4.69, 9.17) is 4.74 Å². The van der Waals surface area contributed by atoms with E-state index in [1.807, 2.05) is 53.6 Å². The van der Waals surface area contributed by atoms with Crippen molar-refractivity contribution in [3.05, 3.63) is 84.1 Å². The summed E-state index contributed by atoms with van der Waals surface area (Å²) in [5.41, 5.74) is 4.02. The second kappa shape index (κ2) is 8.88. The van der Waals surface area contributed by atoms with E-state index < -0.39 is 0 Å². The first kappa shape index (κ1) is 19.2. The summed E-state index contributed by atoms with van der Waals surface area (Å²) in [6.45, 7) is 4.07. The van der Waals surface area contributed by atoms with Crippen LogP contribution in [0.2, 0.25) is 0 Å². The first-order chi connectivity index (χ1) is 14.2. The van der Waals surface area contributed by atoms with E-state index in [2.05, 4.69) is 34.1 Å². The second-order valence-electron chi connectivity index (χ2n) is 7.18. The number of amides is 1. The molecule has 1 fully saturated rings. The third-order valence-corrected chi connectivity index (χ3v) is 5.32. The minimum Gasteiger partial charge on any atom is -0.496 e. The Kier molecular flexibility index (Phi) is 5.86. The van der Waals surface area contributed by atoms with Gasteiger partial charge in [-0.25, -0.2) is 0 Å². The summed E-state index contributed by atoms with van der Waals surface area (Å²) in [5, 5.41) is 0. The SMILES string of the molecule is COc1ccccc1C(=O)N1CCN(Cc2ccc(-c3ccccn3)cc2)CC1. The Morgan fingerprint density at radius 2 is 1.66 bits per heavy atom. The van der Waals surface area contributed by atoms with Crippen molar-refractivity contribution in [3.63, 3.8) is 0 Å². The van der Waals surface area contributed by atoms with Gasteiger partial charge in [-0.05, 0) is 29.8 Å². The number of methoxy groups -OCH3 is 1. The Hall–Kier alpha value is -3.18. The van der Waals surface area contributed by atoms with Crippen LogP contribution in [0.1, 0.15) is 15.9 Å². The molecule has 29 heavy (non-hydrogen) atoms. The highest BCUT2D eigenvalue weighted by molar-refractivity contribution is 5.97. The van der Waals surface area contributed by atoms with Crippen LogP contribution in [-0.4, -0.2) is 54.0 Å². The number of hydrogen-bond donors (Lipinski definition) is 0. The van der Waals surface area contributed by atoms with E-state index in [9.17, 15) is 4.79 Å². The maximum Gasteiger partial charge on any atom is 0.257 e. The van der Waals surface area contributed by atoms with Gasteiger partial charge >= 0.3 is 0 Å². The monoisotopic (exact) mass is 387 g/mol. The van der Waals surface area contributed by atoms with Crippen LogP contribution in [0, 0.1) is 0 Å². The zero-order valence-corrected chi connectivity index (χ0v) is 16.6. The maximum atomic E-state index is 12.8. The van der Waals surface area contributed by atoms with Gasteiger partial charge in [-0.2, -0.15) is 0 Å². The molecule has 1 saturated heterocycles. The average molecular weight is 387 g/mol. The second-order valence-corrected chi connectivity index (χ2v) is 7.18. The van der Waals surface area contributed by atoms with Crippen LogP contribution >= 0.6 is 0 Å².